The van der Waals surface area contributed by atoms with Crippen LogP contribution >= 0.6 is 11.6 Å². The van der Waals surface area contributed by atoms with Crippen molar-refractivity contribution < 1.29 is 31.9 Å². The normalized spacial score (nSPS) is 18.5. The van der Waals surface area contributed by atoms with Gasteiger partial charge in [-0.25, -0.2) is 22.5 Å². The van der Waals surface area contributed by atoms with Crippen LogP contribution in [0.3, 0.4) is 0 Å². The van der Waals surface area contributed by atoms with Crippen molar-refractivity contribution in [1.29, 1.82) is 5.26 Å². The number of anilines is 2. The predicted octanol–water partition coefficient (Wildman–Crippen LogP) is 5.38. The summed E-state index contributed by atoms with van der Waals surface area (Å²) in [6, 6.07) is 7.66. The van der Waals surface area contributed by atoms with Gasteiger partial charge in [0.15, 0.2) is 0 Å². The van der Waals surface area contributed by atoms with E-state index in [1.54, 1.807) is 19.1 Å². The Kier molecular flexibility index (Phi) is 8.12. The summed E-state index contributed by atoms with van der Waals surface area (Å²) in [5, 5.41) is 12.1. The number of hydrogen-bond donors (Lipinski definition) is 1. The van der Waals surface area contributed by atoms with Gasteiger partial charge in [0.2, 0.25) is 11.8 Å². The second kappa shape index (κ2) is 11.6. The number of carbonyl (C=O) groups is 3. The zero-order chi connectivity index (χ0) is 31.1. The molecular formula is C30H24ClF4N5O3. The van der Waals surface area contributed by atoms with E-state index >= 15 is 0 Å². The van der Waals surface area contributed by atoms with Crippen LogP contribution in [-0.2, 0) is 14.4 Å². The molecule has 0 radical (unpaired) electrons. The average molecular weight is 614 g/mol. The summed E-state index contributed by atoms with van der Waals surface area (Å²) in [5.74, 6) is -7.32. The molecule has 2 aromatic carbocycles. The number of benzene rings is 2. The number of nitriles is 1. The number of halogens is 5. The number of pyridine rings is 1. The van der Waals surface area contributed by atoms with E-state index in [0.717, 1.165) is 21.9 Å². The molecule has 2 aliphatic rings. The number of nitrogens with one attached hydrogen (secondary N) is 1. The number of nitrogens with zero attached hydrogens (tertiary/aromatic N) is 4. The fourth-order valence-electron chi connectivity index (χ4n) is 5.41. The molecule has 0 spiro atoms. The van der Waals surface area contributed by atoms with Crippen LogP contribution in [0.15, 0.2) is 54.7 Å². The number of amides is 3. The van der Waals surface area contributed by atoms with Crippen molar-refractivity contribution in [3.63, 3.8) is 0 Å². The number of carbonyl (C=O) groups excluding carboxylic acids is 3. The van der Waals surface area contributed by atoms with E-state index in [1.807, 2.05) is 6.07 Å². The van der Waals surface area contributed by atoms with Crippen molar-refractivity contribution in [2.24, 2.45) is 0 Å². The van der Waals surface area contributed by atoms with Gasteiger partial charge in [0.05, 0.1) is 17.3 Å². The lowest BCUT2D eigenvalue weighted by atomic mass is 9.87. The van der Waals surface area contributed by atoms with Crippen LogP contribution in [0.25, 0.3) is 0 Å². The Bertz CT molecular complexity index is 1630. The molecule has 1 aliphatic carbocycles. The molecule has 1 saturated carbocycles. The van der Waals surface area contributed by atoms with Crippen LogP contribution in [0.5, 0.6) is 0 Å². The average Bonchev–Trinajstić information content (AvgIpc) is 3.32. The van der Waals surface area contributed by atoms with Crippen LogP contribution < -0.4 is 15.1 Å². The lowest BCUT2D eigenvalue weighted by Crippen LogP contribution is -2.56. The lowest BCUT2D eigenvalue weighted by molar-refractivity contribution is -0.133. The first-order valence-corrected chi connectivity index (χ1v) is 13.7. The van der Waals surface area contributed by atoms with Crippen LogP contribution in [0.2, 0.25) is 5.02 Å². The van der Waals surface area contributed by atoms with Gasteiger partial charge >= 0.3 is 0 Å². The predicted molar refractivity (Wildman–Crippen MR) is 148 cm³/mol. The smallest absolute Gasteiger partial charge is 0.252 e. The SMILES string of the molecule is Cc1ccc(Cl)cc1[C@@H](C(=O)NC1CC(F)(F)C1)N(C(=O)[C@@H]1CCC(=O)N1c1cc(C#N)ccn1)c1cc(F)cc(F)c1. The van der Waals surface area contributed by atoms with Crippen molar-refractivity contribution in [3.8, 4) is 6.07 Å². The Balaban J connectivity index is 1.65. The van der Waals surface area contributed by atoms with Crippen molar-refractivity contribution in [2.45, 2.75) is 56.7 Å². The third kappa shape index (κ3) is 6.17. The van der Waals surface area contributed by atoms with Crippen LogP contribution in [0, 0.1) is 29.9 Å². The molecule has 1 aliphatic heterocycles. The Hall–Kier alpha value is -4.50. The first-order valence-electron chi connectivity index (χ1n) is 13.3. The summed E-state index contributed by atoms with van der Waals surface area (Å²) in [6.45, 7) is 1.63. The zero-order valence-electron chi connectivity index (χ0n) is 22.7. The lowest BCUT2D eigenvalue weighted by Gasteiger charge is -2.39. The van der Waals surface area contributed by atoms with Gasteiger partial charge in [0.1, 0.15) is 29.5 Å². The topological polar surface area (TPSA) is 106 Å². The highest BCUT2D eigenvalue weighted by Crippen LogP contribution is 2.40. The molecule has 43 heavy (non-hydrogen) atoms. The van der Waals surface area contributed by atoms with E-state index in [0.29, 0.717) is 11.6 Å². The highest BCUT2D eigenvalue weighted by atomic mass is 35.5. The van der Waals surface area contributed by atoms with E-state index in [2.05, 4.69) is 10.3 Å². The molecule has 5 rings (SSSR count). The monoisotopic (exact) mass is 613 g/mol. The fraction of sp³-hybridized carbons (Fsp3) is 0.300. The van der Waals surface area contributed by atoms with E-state index in [1.165, 1.54) is 24.4 Å². The van der Waals surface area contributed by atoms with Crippen molar-refractivity contribution >= 4 is 40.8 Å². The summed E-state index contributed by atoms with van der Waals surface area (Å²) >= 11 is 6.26. The maximum Gasteiger partial charge on any atom is 0.252 e. The van der Waals surface area contributed by atoms with E-state index < -0.39 is 66.2 Å². The third-order valence-corrected chi connectivity index (χ3v) is 7.70. The van der Waals surface area contributed by atoms with Crippen LogP contribution in [0.4, 0.5) is 29.1 Å². The highest BCUT2D eigenvalue weighted by molar-refractivity contribution is 6.30. The van der Waals surface area contributed by atoms with Gasteiger partial charge in [-0.05, 0) is 60.9 Å². The first-order chi connectivity index (χ1) is 20.4. The van der Waals surface area contributed by atoms with Gasteiger partial charge < -0.3 is 5.32 Å². The van der Waals surface area contributed by atoms with Gasteiger partial charge in [-0.2, -0.15) is 5.26 Å². The minimum absolute atomic E-state index is 0.00177. The van der Waals surface area contributed by atoms with Crippen molar-refractivity contribution in [2.75, 3.05) is 9.80 Å². The molecule has 0 unspecified atom stereocenters. The molecule has 2 fully saturated rings. The minimum Gasteiger partial charge on any atom is -0.351 e. The van der Waals surface area contributed by atoms with Crippen molar-refractivity contribution in [1.82, 2.24) is 10.3 Å². The number of aryl methyl sites for hydroxylation is 1. The second-order valence-corrected chi connectivity index (χ2v) is 11.0. The van der Waals surface area contributed by atoms with E-state index in [4.69, 9.17) is 11.6 Å². The quantitative estimate of drug-likeness (QED) is 0.360. The Morgan fingerprint density at radius 3 is 2.49 bits per heavy atom. The number of hydrogen-bond acceptors (Lipinski definition) is 5. The maximum atomic E-state index is 14.6. The molecule has 13 heteroatoms. The zero-order valence-corrected chi connectivity index (χ0v) is 23.4. The summed E-state index contributed by atoms with van der Waals surface area (Å²) in [4.78, 5) is 47.5. The highest BCUT2D eigenvalue weighted by Gasteiger charge is 2.48. The maximum absolute atomic E-state index is 14.6. The first kappa shape index (κ1) is 30.0. The standard InChI is InChI=1S/C30H24ClF4N5O3/c1-16-2-3-18(31)9-23(16)27(28(42)38-21-13-30(34,35)14-21)39(22-11-19(32)10-20(33)12-22)29(43)24-4-5-26(41)40(24)25-8-17(15-36)6-7-37-25/h2-3,6-12,21,24,27H,4-5,13-14H2,1H3,(H,38,42)/t24-,27-/m0/s1. The molecule has 1 saturated heterocycles. The summed E-state index contributed by atoms with van der Waals surface area (Å²) in [7, 11) is 0. The molecule has 1 aromatic heterocycles. The Morgan fingerprint density at radius 1 is 1.14 bits per heavy atom. The largest absolute Gasteiger partial charge is 0.351 e. The molecule has 0 bridgehead atoms. The third-order valence-electron chi connectivity index (χ3n) is 7.46. The molecule has 2 atom stereocenters. The molecule has 8 nitrogen and oxygen atoms in total. The minimum atomic E-state index is -2.96. The molecule has 3 amide bonds. The van der Waals surface area contributed by atoms with Gasteiger partial charge in [-0.1, -0.05) is 17.7 Å². The second-order valence-electron chi connectivity index (χ2n) is 10.5. The Morgan fingerprint density at radius 2 is 1.84 bits per heavy atom. The fourth-order valence-corrected chi connectivity index (χ4v) is 5.59. The van der Waals surface area contributed by atoms with E-state index in [9.17, 15) is 37.2 Å². The molecule has 3 aromatic rings. The van der Waals surface area contributed by atoms with Gasteiger partial charge in [-0.3, -0.25) is 24.2 Å². The molecule has 1 N–H and O–H groups in total. The number of aromatic nitrogens is 1. The molecule has 2 heterocycles. The van der Waals surface area contributed by atoms with Gasteiger partial charge in [0, 0.05) is 42.6 Å². The molecular weight excluding hydrogens is 590 g/mol. The number of alkyl halides is 2. The van der Waals surface area contributed by atoms with Crippen LogP contribution in [0.1, 0.15) is 48.4 Å². The summed E-state index contributed by atoms with van der Waals surface area (Å²) in [5.41, 5.74) is 0.471. The van der Waals surface area contributed by atoms with Crippen molar-refractivity contribution in [3.05, 3.63) is 88.1 Å². The van der Waals surface area contributed by atoms with Gasteiger partial charge in [-0.15, -0.1) is 0 Å². The molecule has 222 valence electrons. The Labute approximate surface area is 248 Å². The number of rotatable bonds is 7. The van der Waals surface area contributed by atoms with E-state index in [-0.39, 0.29) is 40.5 Å². The summed E-state index contributed by atoms with van der Waals surface area (Å²) < 4.78 is 56.5. The summed E-state index contributed by atoms with van der Waals surface area (Å²) in [6.07, 6.45) is -0.0735. The van der Waals surface area contributed by atoms with Crippen LogP contribution in [-0.4, -0.2) is 40.7 Å². The van der Waals surface area contributed by atoms with Gasteiger partial charge in [0.25, 0.3) is 11.8 Å².